The molecule has 28 heavy (non-hydrogen) atoms. The van der Waals surface area contributed by atoms with Crippen LogP contribution in [0.3, 0.4) is 0 Å². The number of benzene rings is 1. The Labute approximate surface area is 165 Å². The van der Waals surface area contributed by atoms with Gasteiger partial charge in [0.1, 0.15) is 0 Å². The molecular weight excluding hydrogens is 378 g/mol. The van der Waals surface area contributed by atoms with E-state index in [-0.39, 0.29) is 5.75 Å². The molecule has 1 aliphatic heterocycles. The van der Waals surface area contributed by atoms with Crippen LogP contribution >= 0.6 is 0 Å². The predicted molar refractivity (Wildman–Crippen MR) is 107 cm³/mol. The summed E-state index contributed by atoms with van der Waals surface area (Å²) < 4.78 is 32.3. The van der Waals surface area contributed by atoms with Crippen LogP contribution in [0.4, 0.5) is 4.79 Å². The van der Waals surface area contributed by atoms with Crippen molar-refractivity contribution in [2.75, 3.05) is 18.8 Å². The van der Waals surface area contributed by atoms with Crippen molar-refractivity contribution < 1.29 is 17.9 Å². The third-order valence-electron chi connectivity index (χ3n) is 4.61. The summed E-state index contributed by atoms with van der Waals surface area (Å²) >= 11 is 0. The number of sulfonamides is 1. The van der Waals surface area contributed by atoms with Crippen molar-refractivity contribution in [3.8, 4) is 11.3 Å². The molecule has 7 nitrogen and oxygen atoms in total. The van der Waals surface area contributed by atoms with Gasteiger partial charge in [-0.1, -0.05) is 36.4 Å². The molecule has 1 aromatic carbocycles. The fourth-order valence-electron chi connectivity index (χ4n) is 3.01. The van der Waals surface area contributed by atoms with Gasteiger partial charge in [0.25, 0.3) is 0 Å². The fraction of sp³-hybridized carbons (Fsp3) is 0.400. The molecule has 8 heteroatoms. The zero-order valence-electron chi connectivity index (χ0n) is 15.9. The van der Waals surface area contributed by atoms with Gasteiger partial charge in [-0.2, -0.15) is 4.72 Å². The first kappa shape index (κ1) is 20.3. The minimum Gasteiger partial charge on any atom is -0.423 e. The number of nitrogens with zero attached hydrogens (tertiary/aromatic N) is 2. The van der Waals surface area contributed by atoms with E-state index >= 15 is 0 Å². The second kappa shape index (κ2) is 9.16. The minimum atomic E-state index is -3.61. The Balaban J connectivity index is 1.87. The van der Waals surface area contributed by atoms with Crippen LogP contribution < -0.4 is 4.72 Å². The number of ether oxygens (including phenoxy) is 1. The van der Waals surface area contributed by atoms with Gasteiger partial charge in [-0.05, 0) is 38.3 Å². The third kappa shape index (κ3) is 5.30. The van der Waals surface area contributed by atoms with Crippen molar-refractivity contribution in [3.05, 3.63) is 54.2 Å². The minimum absolute atomic E-state index is 0.122. The van der Waals surface area contributed by atoms with Gasteiger partial charge in [-0.15, -0.1) is 0 Å². The van der Waals surface area contributed by atoms with Gasteiger partial charge in [0.2, 0.25) is 16.3 Å². The van der Waals surface area contributed by atoms with Gasteiger partial charge in [0.15, 0.2) is 0 Å². The first-order chi connectivity index (χ1) is 13.5. The number of hydrogen-bond donors (Lipinski definition) is 1. The molecule has 1 aliphatic rings. The smallest absolute Gasteiger partial charge is 0.411 e. The highest BCUT2D eigenvalue weighted by molar-refractivity contribution is 7.89. The average Bonchev–Trinajstić information content (AvgIpc) is 2.74. The second-order valence-corrected chi connectivity index (χ2v) is 8.69. The number of aromatic nitrogens is 1. The Morgan fingerprint density at radius 3 is 2.50 bits per heavy atom. The molecule has 0 bridgehead atoms. The molecule has 1 N–H and O–H groups in total. The van der Waals surface area contributed by atoms with Crippen molar-refractivity contribution >= 4 is 16.1 Å². The summed E-state index contributed by atoms with van der Waals surface area (Å²) in [7, 11) is -3.61. The summed E-state index contributed by atoms with van der Waals surface area (Å²) in [5.41, 5.74) is 1.90. The normalized spacial score (nSPS) is 15.8. The van der Waals surface area contributed by atoms with E-state index in [1.807, 2.05) is 36.4 Å². The topological polar surface area (TPSA) is 88.6 Å². The lowest BCUT2D eigenvalue weighted by Crippen LogP contribution is -2.40. The Kier molecular flexibility index (Phi) is 6.64. The number of carbonyl (C=O) groups is 1. The molecule has 1 aromatic heterocycles. The summed E-state index contributed by atoms with van der Waals surface area (Å²) in [6.07, 6.45) is 1.21. The van der Waals surface area contributed by atoms with Crippen molar-refractivity contribution in [1.82, 2.24) is 14.6 Å². The number of rotatable bonds is 6. The van der Waals surface area contributed by atoms with E-state index in [9.17, 15) is 13.2 Å². The quantitative estimate of drug-likeness (QED) is 0.748. The van der Waals surface area contributed by atoms with Crippen LogP contribution in [0.15, 0.2) is 48.5 Å². The SMILES string of the molecule is CCS(=O)(=O)NC(OC(=O)N1CCCCC1)c1cccc(-c2ccccc2)n1. The van der Waals surface area contributed by atoms with Crippen LogP contribution in [-0.4, -0.2) is 43.2 Å². The van der Waals surface area contributed by atoms with E-state index < -0.39 is 22.3 Å². The van der Waals surface area contributed by atoms with E-state index in [0.29, 0.717) is 24.5 Å². The molecule has 2 aromatic rings. The van der Waals surface area contributed by atoms with Crippen molar-refractivity contribution in [2.24, 2.45) is 0 Å². The Morgan fingerprint density at radius 1 is 1.11 bits per heavy atom. The molecule has 1 unspecified atom stereocenters. The standard InChI is InChI=1S/C20H25N3O4S/c1-2-28(25,26)22-19(27-20(24)23-14-7-4-8-15-23)18-13-9-12-17(21-18)16-10-5-3-6-11-16/h3,5-6,9-13,19,22H,2,4,7-8,14-15H2,1H3. The molecule has 1 atom stereocenters. The summed E-state index contributed by atoms with van der Waals surface area (Å²) in [6.45, 7) is 2.76. The van der Waals surface area contributed by atoms with Crippen LogP contribution in [0.2, 0.25) is 0 Å². The molecule has 0 spiro atoms. The highest BCUT2D eigenvalue weighted by Gasteiger charge is 2.27. The number of pyridine rings is 1. The lowest BCUT2D eigenvalue weighted by molar-refractivity contribution is 0.0509. The number of carbonyl (C=O) groups excluding carboxylic acids is 1. The van der Waals surface area contributed by atoms with Gasteiger partial charge in [0.05, 0.1) is 17.1 Å². The van der Waals surface area contributed by atoms with E-state index in [4.69, 9.17) is 4.74 Å². The summed E-state index contributed by atoms with van der Waals surface area (Å²) in [5, 5.41) is 0. The van der Waals surface area contributed by atoms with Gasteiger partial charge < -0.3 is 9.64 Å². The lowest BCUT2D eigenvalue weighted by Gasteiger charge is -2.28. The summed E-state index contributed by atoms with van der Waals surface area (Å²) in [4.78, 5) is 18.7. The monoisotopic (exact) mass is 403 g/mol. The maximum Gasteiger partial charge on any atom is 0.411 e. The van der Waals surface area contributed by atoms with Gasteiger partial charge in [-0.25, -0.2) is 18.2 Å². The molecule has 1 amide bonds. The Morgan fingerprint density at radius 2 is 1.82 bits per heavy atom. The van der Waals surface area contributed by atoms with E-state index in [1.165, 1.54) is 6.92 Å². The van der Waals surface area contributed by atoms with Crippen molar-refractivity contribution in [2.45, 2.75) is 32.4 Å². The van der Waals surface area contributed by atoms with Crippen molar-refractivity contribution in [1.29, 1.82) is 0 Å². The first-order valence-electron chi connectivity index (χ1n) is 9.46. The molecule has 0 saturated carbocycles. The summed E-state index contributed by atoms with van der Waals surface area (Å²) in [5.74, 6) is -0.122. The van der Waals surface area contributed by atoms with Crippen LogP contribution in [-0.2, 0) is 14.8 Å². The molecular formula is C20H25N3O4S. The van der Waals surface area contributed by atoms with E-state index in [0.717, 1.165) is 24.8 Å². The second-order valence-electron chi connectivity index (χ2n) is 6.65. The molecule has 150 valence electrons. The predicted octanol–water partition coefficient (Wildman–Crippen LogP) is 3.31. The molecule has 2 heterocycles. The van der Waals surface area contributed by atoms with Crippen molar-refractivity contribution in [3.63, 3.8) is 0 Å². The molecule has 1 saturated heterocycles. The Bertz CT molecular complexity index is 897. The third-order valence-corrected chi connectivity index (χ3v) is 5.94. The largest absolute Gasteiger partial charge is 0.423 e. The van der Waals surface area contributed by atoms with Crippen LogP contribution in [0.5, 0.6) is 0 Å². The zero-order chi connectivity index (χ0) is 20.0. The highest BCUT2D eigenvalue weighted by Crippen LogP contribution is 2.22. The summed E-state index contributed by atoms with van der Waals surface area (Å²) in [6, 6.07) is 14.8. The number of nitrogens with one attached hydrogen (secondary N) is 1. The van der Waals surface area contributed by atoms with Crippen LogP contribution in [0.1, 0.15) is 38.1 Å². The van der Waals surface area contributed by atoms with Gasteiger partial charge >= 0.3 is 6.09 Å². The fourth-order valence-corrected chi connectivity index (χ4v) is 3.67. The van der Waals surface area contributed by atoms with Gasteiger partial charge in [-0.3, -0.25) is 0 Å². The molecule has 1 fully saturated rings. The highest BCUT2D eigenvalue weighted by atomic mass is 32.2. The van der Waals surface area contributed by atoms with Crippen LogP contribution in [0.25, 0.3) is 11.3 Å². The van der Waals surface area contributed by atoms with E-state index in [2.05, 4.69) is 9.71 Å². The molecule has 0 aliphatic carbocycles. The molecule has 0 radical (unpaired) electrons. The maximum atomic E-state index is 12.6. The maximum absolute atomic E-state index is 12.6. The van der Waals surface area contributed by atoms with Gasteiger partial charge in [0, 0.05) is 18.7 Å². The number of hydrogen-bond acceptors (Lipinski definition) is 5. The average molecular weight is 404 g/mol. The number of piperidine rings is 1. The molecule has 3 rings (SSSR count). The lowest BCUT2D eigenvalue weighted by atomic mass is 10.1. The van der Waals surface area contributed by atoms with E-state index in [1.54, 1.807) is 17.0 Å². The van der Waals surface area contributed by atoms with Crippen LogP contribution in [0, 0.1) is 0 Å². The zero-order valence-corrected chi connectivity index (χ0v) is 16.7. The Hall–Kier alpha value is -2.45. The number of likely N-dealkylation sites (tertiary alicyclic amines) is 1. The first-order valence-corrected chi connectivity index (χ1v) is 11.1. The number of amides is 1.